The molecule has 0 fully saturated rings. The van der Waals surface area contributed by atoms with Gasteiger partial charge in [-0.25, -0.2) is 0 Å². The number of aromatic nitrogens is 3. The predicted octanol–water partition coefficient (Wildman–Crippen LogP) is 14.6. The fraction of sp³-hybridized carbons (Fsp3) is 0.0182. The van der Waals surface area contributed by atoms with E-state index in [0.717, 1.165) is 5.69 Å². The van der Waals surface area contributed by atoms with Crippen molar-refractivity contribution in [2.24, 2.45) is 0 Å². The van der Waals surface area contributed by atoms with Crippen LogP contribution in [0, 0.1) is 6.92 Å². The van der Waals surface area contributed by atoms with Crippen molar-refractivity contribution in [3.8, 4) is 39.3 Å². The molecule has 9 aromatic carbocycles. The van der Waals surface area contributed by atoms with Crippen LogP contribution in [0.4, 0.5) is 0 Å². The van der Waals surface area contributed by atoms with Gasteiger partial charge >= 0.3 is 0 Å². The molecule has 58 heavy (non-hydrogen) atoms. The Balaban J connectivity index is 1.05. The Hall–Kier alpha value is -7.62. The molecule has 3 heteroatoms. The molecular formula is C55H37N3. The molecule has 0 aliphatic heterocycles. The van der Waals surface area contributed by atoms with Crippen LogP contribution >= 0.6 is 0 Å². The Morgan fingerprint density at radius 2 is 0.534 bits per heavy atom. The number of aryl methyl sites for hydroxylation is 1. The lowest BCUT2D eigenvalue weighted by Gasteiger charge is -2.09. The van der Waals surface area contributed by atoms with Gasteiger partial charge in [0, 0.05) is 49.4 Å². The monoisotopic (exact) mass is 739 g/mol. The first-order chi connectivity index (χ1) is 28.7. The van der Waals surface area contributed by atoms with Gasteiger partial charge in [-0.05, 0) is 132 Å². The van der Waals surface area contributed by atoms with Gasteiger partial charge in [-0.15, -0.1) is 0 Å². The Morgan fingerprint density at radius 1 is 0.241 bits per heavy atom. The lowest BCUT2D eigenvalue weighted by atomic mass is 9.98. The van der Waals surface area contributed by atoms with Crippen LogP contribution in [0.3, 0.4) is 0 Å². The summed E-state index contributed by atoms with van der Waals surface area (Å²) >= 11 is 0. The van der Waals surface area contributed by atoms with Crippen molar-refractivity contribution < 1.29 is 0 Å². The number of benzene rings is 9. The molecule has 0 radical (unpaired) electrons. The average molecular weight is 740 g/mol. The standard InChI is InChI=1S/C55H37N3/c1-36-21-26-51-45(31-36)47-33-38(23-28-53(47)57(51)42-15-7-3-8-16-42)40-25-30-55-49(35-40)48-34-39(24-29-54(48)58(55)43-17-9-4-10-18-43)37-22-27-52-46(32-37)44-19-11-12-20-50(44)56(52)41-13-5-2-6-14-41/h2-35H,1H3. The van der Waals surface area contributed by atoms with E-state index in [4.69, 9.17) is 0 Å². The van der Waals surface area contributed by atoms with Gasteiger partial charge in [-0.1, -0.05) is 109 Å². The van der Waals surface area contributed by atoms with E-state index in [1.165, 1.54) is 105 Å². The third kappa shape index (κ3) is 4.93. The second-order valence-electron chi connectivity index (χ2n) is 15.5. The minimum atomic E-state index is 1.16. The van der Waals surface area contributed by atoms with Gasteiger partial charge < -0.3 is 13.7 Å². The van der Waals surface area contributed by atoms with Crippen molar-refractivity contribution in [2.45, 2.75) is 6.92 Å². The summed E-state index contributed by atoms with van der Waals surface area (Å²) in [5.74, 6) is 0. The Kier molecular flexibility index (Phi) is 7.14. The maximum atomic E-state index is 2.41. The summed E-state index contributed by atoms with van der Waals surface area (Å²) in [5, 5.41) is 7.53. The Bertz CT molecular complexity index is 3550. The van der Waals surface area contributed by atoms with E-state index in [-0.39, 0.29) is 0 Å². The molecule has 3 aromatic heterocycles. The summed E-state index contributed by atoms with van der Waals surface area (Å²) in [5.41, 5.74) is 16.8. The quantitative estimate of drug-likeness (QED) is 0.167. The smallest absolute Gasteiger partial charge is 0.0541 e. The molecule has 0 spiro atoms. The molecule has 0 saturated heterocycles. The summed E-state index contributed by atoms with van der Waals surface area (Å²) in [6.07, 6.45) is 0. The molecule has 0 bridgehead atoms. The molecule has 3 nitrogen and oxygen atoms in total. The third-order valence-electron chi connectivity index (χ3n) is 12.1. The minimum absolute atomic E-state index is 1.16. The van der Waals surface area contributed by atoms with Gasteiger partial charge in [0.15, 0.2) is 0 Å². The SMILES string of the molecule is Cc1ccc2c(c1)c1cc(-c3ccc4c(c3)c3cc(-c5ccc6c(c5)c5ccccc5n6-c5ccccc5)ccc3n4-c3ccccc3)ccc1n2-c1ccccc1. The maximum absolute atomic E-state index is 2.41. The van der Waals surface area contributed by atoms with Crippen LogP contribution in [0.5, 0.6) is 0 Å². The van der Waals surface area contributed by atoms with Gasteiger partial charge in [0.05, 0.1) is 33.1 Å². The average Bonchev–Trinajstić information content (AvgIpc) is 3.91. The summed E-state index contributed by atoms with van der Waals surface area (Å²) < 4.78 is 7.18. The number of fused-ring (bicyclic) bond motifs is 9. The van der Waals surface area contributed by atoms with E-state index in [1.54, 1.807) is 0 Å². The number of rotatable bonds is 5. The number of hydrogen-bond donors (Lipinski definition) is 0. The summed E-state index contributed by atoms with van der Waals surface area (Å²) in [7, 11) is 0. The number of para-hydroxylation sites is 4. The minimum Gasteiger partial charge on any atom is -0.309 e. The first-order valence-electron chi connectivity index (χ1n) is 20.0. The zero-order valence-corrected chi connectivity index (χ0v) is 32.0. The molecule has 0 N–H and O–H groups in total. The summed E-state index contributed by atoms with van der Waals surface area (Å²) in [4.78, 5) is 0. The molecule has 0 saturated carbocycles. The van der Waals surface area contributed by atoms with Crippen LogP contribution in [-0.4, -0.2) is 13.7 Å². The molecule has 0 unspecified atom stereocenters. The molecule has 0 amide bonds. The van der Waals surface area contributed by atoms with Gasteiger partial charge in [0.1, 0.15) is 0 Å². The molecule has 0 aliphatic rings. The highest BCUT2D eigenvalue weighted by atomic mass is 15.0. The lowest BCUT2D eigenvalue weighted by molar-refractivity contribution is 1.18. The first-order valence-corrected chi connectivity index (χ1v) is 20.0. The summed E-state index contributed by atoms with van der Waals surface area (Å²) in [6.45, 7) is 2.18. The summed E-state index contributed by atoms with van der Waals surface area (Å²) in [6, 6.07) is 75.6. The van der Waals surface area contributed by atoms with Gasteiger partial charge in [-0.2, -0.15) is 0 Å². The van der Waals surface area contributed by atoms with E-state index in [1.807, 2.05) is 0 Å². The van der Waals surface area contributed by atoms with Crippen LogP contribution in [0.15, 0.2) is 206 Å². The largest absolute Gasteiger partial charge is 0.309 e. The second kappa shape index (κ2) is 12.7. The van der Waals surface area contributed by atoms with Crippen molar-refractivity contribution in [1.29, 1.82) is 0 Å². The van der Waals surface area contributed by atoms with Gasteiger partial charge in [-0.3, -0.25) is 0 Å². The van der Waals surface area contributed by atoms with E-state index >= 15 is 0 Å². The molecule has 12 rings (SSSR count). The van der Waals surface area contributed by atoms with Crippen molar-refractivity contribution >= 4 is 65.4 Å². The Labute approximate surface area is 335 Å². The van der Waals surface area contributed by atoms with Gasteiger partial charge in [0.25, 0.3) is 0 Å². The van der Waals surface area contributed by atoms with Crippen molar-refractivity contribution in [1.82, 2.24) is 13.7 Å². The maximum Gasteiger partial charge on any atom is 0.0541 e. The zero-order valence-electron chi connectivity index (χ0n) is 32.0. The third-order valence-corrected chi connectivity index (χ3v) is 12.1. The highest BCUT2D eigenvalue weighted by Gasteiger charge is 2.18. The molecular weight excluding hydrogens is 703 g/mol. The molecule has 0 atom stereocenters. The lowest BCUT2D eigenvalue weighted by Crippen LogP contribution is -1.93. The van der Waals surface area contributed by atoms with E-state index in [9.17, 15) is 0 Å². The predicted molar refractivity (Wildman–Crippen MR) is 245 cm³/mol. The van der Waals surface area contributed by atoms with E-state index < -0.39 is 0 Å². The molecule has 3 heterocycles. The normalized spacial score (nSPS) is 11.9. The second-order valence-corrected chi connectivity index (χ2v) is 15.5. The van der Waals surface area contributed by atoms with Crippen molar-refractivity contribution in [3.63, 3.8) is 0 Å². The molecule has 12 aromatic rings. The fourth-order valence-electron chi connectivity index (χ4n) is 9.42. The topological polar surface area (TPSA) is 14.8 Å². The first kappa shape index (κ1) is 32.6. The fourth-order valence-corrected chi connectivity index (χ4v) is 9.42. The van der Waals surface area contributed by atoms with Gasteiger partial charge in [0.2, 0.25) is 0 Å². The highest BCUT2D eigenvalue weighted by Crippen LogP contribution is 2.41. The van der Waals surface area contributed by atoms with Crippen LogP contribution in [0.1, 0.15) is 5.56 Å². The number of nitrogens with zero attached hydrogens (tertiary/aromatic N) is 3. The van der Waals surface area contributed by atoms with Crippen LogP contribution < -0.4 is 0 Å². The zero-order chi connectivity index (χ0) is 38.3. The number of hydrogen-bond acceptors (Lipinski definition) is 0. The van der Waals surface area contributed by atoms with Crippen molar-refractivity contribution in [2.75, 3.05) is 0 Å². The van der Waals surface area contributed by atoms with Crippen molar-refractivity contribution in [3.05, 3.63) is 212 Å². The molecule has 272 valence electrons. The van der Waals surface area contributed by atoms with E-state index in [0.29, 0.717) is 0 Å². The van der Waals surface area contributed by atoms with Crippen LogP contribution in [-0.2, 0) is 0 Å². The Morgan fingerprint density at radius 3 is 0.931 bits per heavy atom. The highest BCUT2D eigenvalue weighted by molar-refractivity contribution is 6.14. The molecule has 0 aliphatic carbocycles. The van der Waals surface area contributed by atoms with Crippen LogP contribution in [0.2, 0.25) is 0 Å². The van der Waals surface area contributed by atoms with Crippen LogP contribution in [0.25, 0.3) is 105 Å². The van der Waals surface area contributed by atoms with E-state index in [2.05, 4.69) is 227 Å².